The van der Waals surface area contributed by atoms with Gasteiger partial charge < -0.3 is 9.84 Å². The molecule has 0 unspecified atom stereocenters. The number of benzene rings is 1. The fourth-order valence-corrected chi connectivity index (χ4v) is 1.82. The van der Waals surface area contributed by atoms with E-state index in [0.717, 1.165) is 25.0 Å². The predicted molar refractivity (Wildman–Crippen MR) is 62.5 cm³/mol. The highest BCUT2D eigenvalue weighted by Gasteiger charge is 2.45. The molecule has 0 aromatic heterocycles. The van der Waals surface area contributed by atoms with Gasteiger partial charge in [-0.05, 0) is 18.9 Å². The van der Waals surface area contributed by atoms with E-state index in [0.29, 0.717) is 0 Å². The monoisotopic (exact) mass is 269 g/mol. The zero-order chi connectivity index (χ0) is 14.0. The van der Waals surface area contributed by atoms with Gasteiger partial charge in [-0.1, -0.05) is 0 Å². The zero-order valence-electron chi connectivity index (χ0n) is 9.97. The van der Waals surface area contributed by atoms with Crippen molar-refractivity contribution in [3.8, 4) is 5.75 Å². The molecule has 1 N–H and O–H groups in total. The number of ether oxygens (including phenoxy) is 1. The molecule has 0 atom stereocenters. The van der Waals surface area contributed by atoms with Crippen molar-refractivity contribution in [3.05, 3.63) is 34.1 Å². The first-order valence-electron chi connectivity index (χ1n) is 5.70. The number of hydrogen-bond acceptors (Lipinski definition) is 4. The maximum absolute atomic E-state index is 13.5. The van der Waals surface area contributed by atoms with Crippen LogP contribution in [0, 0.1) is 21.3 Å². The minimum atomic E-state index is -0.912. The van der Waals surface area contributed by atoms with Gasteiger partial charge >= 0.3 is 5.97 Å². The maximum atomic E-state index is 13.5. The minimum absolute atomic E-state index is 0.0123. The summed E-state index contributed by atoms with van der Waals surface area (Å²) < 4.78 is 18.8. The van der Waals surface area contributed by atoms with Crippen molar-refractivity contribution in [2.24, 2.45) is 5.41 Å². The molecule has 6 nitrogen and oxygen atoms in total. The van der Waals surface area contributed by atoms with E-state index < -0.39 is 22.1 Å². The minimum Gasteiger partial charge on any atom is -0.490 e. The van der Waals surface area contributed by atoms with Crippen LogP contribution in [0.2, 0.25) is 0 Å². The first kappa shape index (κ1) is 13.3. The van der Waals surface area contributed by atoms with Crippen LogP contribution in [0.25, 0.3) is 0 Å². The molecular formula is C12H12FNO5. The molecule has 0 spiro atoms. The lowest BCUT2D eigenvalue weighted by atomic mass is 10.0. The maximum Gasteiger partial charge on any atom is 0.304 e. The fourth-order valence-electron chi connectivity index (χ4n) is 1.82. The molecule has 1 aromatic rings. The second-order valence-corrected chi connectivity index (χ2v) is 4.73. The van der Waals surface area contributed by atoms with Crippen molar-refractivity contribution in [1.82, 2.24) is 0 Å². The largest absolute Gasteiger partial charge is 0.490 e. The predicted octanol–water partition coefficient (Wildman–Crippen LogP) is 2.37. The molecule has 0 aliphatic heterocycles. The Morgan fingerprint density at radius 1 is 1.53 bits per heavy atom. The smallest absolute Gasteiger partial charge is 0.304 e. The Morgan fingerprint density at radius 2 is 2.21 bits per heavy atom. The van der Waals surface area contributed by atoms with E-state index in [-0.39, 0.29) is 24.5 Å². The summed E-state index contributed by atoms with van der Waals surface area (Å²) in [6.07, 6.45) is 1.45. The van der Waals surface area contributed by atoms with Gasteiger partial charge in [-0.25, -0.2) is 4.39 Å². The van der Waals surface area contributed by atoms with Gasteiger partial charge in [0.05, 0.1) is 24.0 Å². The van der Waals surface area contributed by atoms with Crippen LogP contribution < -0.4 is 4.74 Å². The molecule has 1 saturated carbocycles. The van der Waals surface area contributed by atoms with Gasteiger partial charge in [0.25, 0.3) is 5.69 Å². The van der Waals surface area contributed by atoms with E-state index in [4.69, 9.17) is 9.84 Å². The van der Waals surface area contributed by atoms with Gasteiger partial charge in [-0.3, -0.25) is 14.9 Å². The van der Waals surface area contributed by atoms with Crippen LogP contribution in [0.4, 0.5) is 10.1 Å². The number of non-ortho nitro benzene ring substituents is 1. The van der Waals surface area contributed by atoms with Crippen molar-refractivity contribution >= 4 is 11.7 Å². The normalized spacial score (nSPS) is 15.8. The van der Waals surface area contributed by atoms with Crippen LogP contribution in [0.3, 0.4) is 0 Å². The highest BCUT2D eigenvalue weighted by atomic mass is 19.1. The molecule has 1 aromatic carbocycles. The highest BCUT2D eigenvalue weighted by Crippen LogP contribution is 2.49. The molecular weight excluding hydrogens is 257 g/mol. The Hall–Kier alpha value is -2.18. The van der Waals surface area contributed by atoms with Crippen LogP contribution in [0.1, 0.15) is 19.3 Å². The van der Waals surface area contributed by atoms with Crippen molar-refractivity contribution in [2.75, 3.05) is 6.61 Å². The quantitative estimate of drug-likeness (QED) is 0.632. The molecule has 2 rings (SSSR count). The van der Waals surface area contributed by atoms with E-state index >= 15 is 0 Å². The van der Waals surface area contributed by atoms with Gasteiger partial charge in [0.1, 0.15) is 0 Å². The molecule has 19 heavy (non-hydrogen) atoms. The standard InChI is InChI=1S/C12H12FNO5/c13-9-5-8(14(17)18)1-2-10(9)19-7-12(3-4-12)6-11(15)16/h1-2,5H,3-4,6-7H2,(H,15,16). The lowest BCUT2D eigenvalue weighted by Crippen LogP contribution is -2.17. The summed E-state index contributed by atoms with van der Waals surface area (Å²) in [4.78, 5) is 20.4. The summed E-state index contributed by atoms with van der Waals surface area (Å²) in [5, 5.41) is 19.2. The number of nitrogens with zero attached hydrogens (tertiary/aromatic N) is 1. The van der Waals surface area contributed by atoms with Crippen molar-refractivity contribution in [2.45, 2.75) is 19.3 Å². The Kier molecular flexibility index (Phi) is 3.37. The first-order valence-corrected chi connectivity index (χ1v) is 5.70. The number of rotatable bonds is 6. The number of aliphatic carboxylic acids is 1. The van der Waals surface area contributed by atoms with Crippen LogP contribution in [-0.4, -0.2) is 22.6 Å². The van der Waals surface area contributed by atoms with Crippen LogP contribution in [0.15, 0.2) is 18.2 Å². The summed E-state index contributed by atoms with van der Waals surface area (Å²) in [5.41, 5.74) is -0.767. The Balaban J connectivity index is 2.00. The van der Waals surface area contributed by atoms with Gasteiger partial charge in [-0.15, -0.1) is 0 Å². The van der Waals surface area contributed by atoms with Crippen LogP contribution >= 0.6 is 0 Å². The van der Waals surface area contributed by atoms with Crippen molar-refractivity contribution in [3.63, 3.8) is 0 Å². The molecule has 0 heterocycles. The first-order chi connectivity index (χ1) is 8.92. The van der Waals surface area contributed by atoms with Crippen LogP contribution in [0.5, 0.6) is 5.75 Å². The third-order valence-corrected chi connectivity index (χ3v) is 3.14. The van der Waals surface area contributed by atoms with E-state index in [1.807, 2.05) is 0 Å². The Morgan fingerprint density at radius 3 is 2.68 bits per heavy atom. The molecule has 1 aliphatic rings. The summed E-state index contributed by atoms with van der Waals surface area (Å²) in [5.74, 6) is -1.83. The topological polar surface area (TPSA) is 89.7 Å². The fraction of sp³-hybridized carbons (Fsp3) is 0.417. The second kappa shape index (κ2) is 4.83. The number of carboxylic acids is 1. The molecule has 1 fully saturated rings. The lowest BCUT2D eigenvalue weighted by molar-refractivity contribution is -0.385. The second-order valence-electron chi connectivity index (χ2n) is 4.73. The van der Waals surface area contributed by atoms with Gasteiger partial charge in [-0.2, -0.15) is 0 Å². The summed E-state index contributed by atoms with van der Waals surface area (Å²) in [6.45, 7) is 0.105. The number of nitro groups is 1. The number of carboxylic acid groups (broad SMARTS) is 1. The molecule has 102 valence electrons. The molecule has 1 aliphatic carbocycles. The Labute approximate surface area is 108 Å². The van der Waals surface area contributed by atoms with Gasteiger partial charge in [0.2, 0.25) is 0 Å². The summed E-state index contributed by atoms with van der Waals surface area (Å²) in [7, 11) is 0. The number of hydrogen-bond donors (Lipinski definition) is 1. The number of halogens is 1. The summed E-state index contributed by atoms with van der Waals surface area (Å²) >= 11 is 0. The van der Waals surface area contributed by atoms with Crippen molar-refractivity contribution < 1.29 is 24.0 Å². The number of carbonyl (C=O) groups is 1. The molecule has 0 bridgehead atoms. The zero-order valence-corrected chi connectivity index (χ0v) is 9.97. The molecule has 0 radical (unpaired) electrons. The average Bonchev–Trinajstić information content (AvgIpc) is 3.06. The van der Waals surface area contributed by atoms with Crippen LogP contribution in [-0.2, 0) is 4.79 Å². The Bertz CT molecular complexity index is 527. The van der Waals surface area contributed by atoms with Gasteiger partial charge in [0.15, 0.2) is 11.6 Å². The third kappa shape index (κ3) is 3.18. The van der Waals surface area contributed by atoms with E-state index in [9.17, 15) is 19.3 Å². The van der Waals surface area contributed by atoms with Crippen molar-refractivity contribution in [1.29, 1.82) is 0 Å². The van der Waals surface area contributed by atoms with E-state index in [1.54, 1.807) is 0 Å². The SMILES string of the molecule is O=C(O)CC1(COc2ccc([N+](=O)[O-])cc2F)CC1. The third-order valence-electron chi connectivity index (χ3n) is 3.14. The highest BCUT2D eigenvalue weighted by molar-refractivity contribution is 5.68. The lowest BCUT2D eigenvalue weighted by Gasteiger charge is -2.14. The van der Waals surface area contributed by atoms with E-state index in [1.165, 1.54) is 6.07 Å². The number of nitro benzene ring substituents is 1. The average molecular weight is 269 g/mol. The molecule has 7 heteroatoms. The molecule has 0 amide bonds. The van der Waals surface area contributed by atoms with Gasteiger partial charge in [0, 0.05) is 11.5 Å². The molecule has 0 saturated heterocycles. The van der Waals surface area contributed by atoms with E-state index in [2.05, 4.69) is 0 Å². The summed E-state index contributed by atoms with van der Waals surface area (Å²) in [6, 6.07) is 3.12.